The highest BCUT2D eigenvalue weighted by Crippen LogP contribution is 2.58. The zero-order chi connectivity index (χ0) is 24.1. The maximum Gasteiger partial charge on any atom is 0.311 e. The van der Waals surface area contributed by atoms with Crippen molar-refractivity contribution in [1.29, 1.82) is 0 Å². The lowest BCUT2D eigenvalue weighted by Crippen LogP contribution is -2.43. The van der Waals surface area contributed by atoms with Crippen LogP contribution in [0.25, 0.3) is 0 Å². The van der Waals surface area contributed by atoms with Gasteiger partial charge in [-0.3, -0.25) is 9.59 Å². The summed E-state index contributed by atoms with van der Waals surface area (Å²) < 4.78 is 17.5. The van der Waals surface area contributed by atoms with Crippen LogP contribution in [-0.4, -0.2) is 33.8 Å². The molecule has 0 bridgehead atoms. The molecule has 5 nitrogen and oxygen atoms in total. The number of carbonyl (C=O) groups excluding carboxylic acids is 2. The molecule has 0 radical (unpaired) electrons. The van der Waals surface area contributed by atoms with Crippen LogP contribution in [0.15, 0.2) is 18.2 Å². The molecule has 0 saturated heterocycles. The van der Waals surface area contributed by atoms with Gasteiger partial charge in [-0.05, 0) is 75.4 Å². The minimum atomic E-state index is -2.01. The Morgan fingerprint density at radius 3 is 2.25 bits per heavy atom. The van der Waals surface area contributed by atoms with Gasteiger partial charge >= 0.3 is 5.97 Å². The second-order valence-corrected chi connectivity index (χ2v) is 16.8. The molecule has 3 rings (SSSR count). The van der Waals surface area contributed by atoms with Crippen LogP contribution in [0.4, 0.5) is 0 Å². The molecule has 0 aromatic heterocycles. The molecule has 0 amide bonds. The smallest absolute Gasteiger partial charge is 0.311 e. The van der Waals surface area contributed by atoms with E-state index in [1.54, 1.807) is 7.11 Å². The van der Waals surface area contributed by atoms with E-state index in [4.69, 9.17) is 13.9 Å². The van der Waals surface area contributed by atoms with Gasteiger partial charge in [0, 0.05) is 17.8 Å². The fourth-order valence-electron chi connectivity index (χ4n) is 4.35. The molecule has 0 heterocycles. The Labute approximate surface area is 194 Å². The molecule has 0 spiro atoms. The Morgan fingerprint density at radius 1 is 1.09 bits per heavy atom. The number of methoxy groups -OCH3 is 1. The first kappa shape index (κ1) is 24.8. The lowest BCUT2D eigenvalue weighted by molar-refractivity contribution is -0.154. The molecule has 178 valence electrons. The predicted octanol–water partition coefficient (Wildman–Crippen LogP) is 5.66. The van der Waals surface area contributed by atoms with Gasteiger partial charge in [-0.15, -0.1) is 0 Å². The van der Waals surface area contributed by atoms with E-state index in [-0.39, 0.29) is 28.8 Å². The van der Waals surface area contributed by atoms with Gasteiger partial charge in [0.25, 0.3) is 8.32 Å². The van der Waals surface area contributed by atoms with E-state index >= 15 is 0 Å². The normalized spacial score (nSPS) is 25.3. The van der Waals surface area contributed by atoms with Crippen molar-refractivity contribution in [2.75, 3.05) is 13.7 Å². The van der Waals surface area contributed by atoms with Crippen LogP contribution < -0.4 is 9.16 Å². The maximum atomic E-state index is 13.0. The van der Waals surface area contributed by atoms with Gasteiger partial charge < -0.3 is 13.9 Å². The molecule has 2 fully saturated rings. The van der Waals surface area contributed by atoms with Crippen molar-refractivity contribution in [3.05, 3.63) is 23.8 Å². The van der Waals surface area contributed by atoms with Crippen molar-refractivity contribution < 1.29 is 23.5 Å². The highest BCUT2D eigenvalue weighted by Gasteiger charge is 2.61. The Bertz CT molecular complexity index is 877. The largest absolute Gasteiger partial charge is 0.541 e. The molecule has 2 unspecified atom stereocenters. The molecule has 1 aromatic carbocycles. The third kappa shape index (κ3) is 5.05. The predicted molar refractivity (Wildman–Crippen MR) is 129 cm³/mol. The van der Waals surface area contributed by atoms with E-state index in [1.807, 2.05) is 32.9 Å². The van der Waals surface area contributed by atoms with Crippen LogP contribution in [0.5, 0.6) is 11.5 Å². The van der Waals surface area contributed by atoms with Gasteiger partial charge in [0.2, 0.25) is 0 Å². The van der Waals surface area contributed by atoms with Crippen LogP contribution in [0, 0.1) is 29.1 Å². The molecule has 2 aliphatic rings. The van der Waals surface area contributed by atoms with E-state index < -0.39 is 13.7 Å². The van der Waals surface area contributed by atoms with Crippen molar-refractivity contribution in [2.45, 2.75) is 72.5 Å². The van der Waals surface area contributed by atoms with Crippen molar-refractivity contribution in [2.24, 2.45) is 29.1 Å². The second kappa shape index (κ2) is 8.51. The molecule has 6 heteroatoms. The molecule has 32 heavy (non-hydrogen) atoms. The molecular weight excluding hydrogens is 420 g/mol. The van der Waals surface area contributed by atoms with Gasteiger partial charge in [0.1, 0.15) is 11.5 Å². The fraction of sp³-hybridized carbons (Fsp3) is 0.692. The fourth-order valence-corrected chi connectivity index (χ4v) is 5.36. The van der Waals surface area contributed by atoms with E-state index in [0.717, 1.165) is 29.9 Å². The number of esters is 1. The zero-order valence-electron chi connectivity index (χ0n) is 21.2. The molecule has 2 saturated carbocycles. The van der Waals surface area contributed by atoms with Crippen LogP contribution in [0.1, 0.15) is 53.5 Å². The average Bonchev–Trinajstić information content (AvgIpc) is 3.25. The van der Waals surface area contributed by atoms with Crippen molar-refractivity contribution in [3.8, 4) is 11.5 Å². The Morgan fingerprint density at radius 2 is 1.75 bits per heavy atom. The Balaban J connectivity index is 1.62. The van der Waals surface area contributed by atoms with Crippen molar-refractivity contribution in [3.63, 3.8) is 0 Å². The van der Waals surface area contributed by atoms with Crippen LogP contribution >= 0.6 is 0 Å². The average molecular weight is 461 g/mol. The van der Waals surface area contributed by atoms with Crippen LogP contribution in [0.3, 0.4) is 0 Å². The number of Topliss-reactive ketones (excluding diaryl/α,β-unsaturated/α-hetero) is 1. The van der Waals surface area contributed by atoms with Gasteiger partial charge in [-0.1, -0.05) is 26.8 Å². The lowest BCUT2D eigenvalue weighted by Gasteiger charge is -2.37. The zero-order valence-corrected chi connectivity index (χ0v) is 22.2. The monoisotopic (exact) mass is 460 g/mol. The third-order valence-corrected chi connectivity index (χ3v) is 11.9. The van der Waals surface area contributed by atoms with E-state index in [9.17, 15) is 9.59 Å². The van der Waals surface area contributed by atoms with Crippen molar-refractivity contribution in [1.82, 2.24) is 0 Å². The van der Waals surface area contributed by atoms with E-state index in [0.29, 0.717) is 18.3 Å². The number of ketones is 1. The summed E-state index contributed by atoms with van der Waals surface area (Å²) in [4.78, 5) is 25.0. The third-order valence-electron chi connectivity index (χ3n) is 7.52. The summed E-state index contributed by atoms with van der Waals surface area (Å²) in [6.07, 6.45) is 1.60. The Kier molecular flexibility index (Phi) is 6.60. The summed E-state index contributed by atoms with van der Waals surface area (Å²) in [5.41, 5.74) is 0.602. The first-order valence-corrected chi connectivity index (χ1v) is 14.6. The maximum absolute atomic E-state index is 13.0. The molecule has 2 aliphatic carbocycles. The second-order valence-electron chi connectivity index (χ2n) is 12.1. The summed E-state index contributed by atoms with van der Waals surface area (Å²) in [5, 5.41) is 0.0855. The molecular formula is C26H40O5Si. The number of hydrogen-bond donors (Lipinski definition) is 0. The molecule has 0 aliphatic heterocycles. The van der Waals surface area contributed by atoms with Crippen LogP contribution in [0.2, 0.25) is 18.1 Å². The molecule has 4 atom stereocenters. The molecule has 1 aromatic rings. The summed E-state index contributed by atoms with van der Waals surface area (Å²) in [6.45, 7) is 17.0. The molecule has 0 N–H and O–H groups in total. The SMILES string of the molecule is COc1ccc(C[C@@H]2CC3C(C2=O)[C@H]3COC(=O)C(C)(C)C)cc1O[Si](C)(C)C(C)(C)C. The number of benzene rings is 1. The standard InChI is InChI=1S/C26H40O5Si/c1-25(2,3)24(28)30-15-19-18-14-17(23(27)22(18)19)12-16-10-11-20(29-7)21(13-16)31-32(8,9)26(4,5)6/h10-11,13,17-19,22H,12,14-15H2,1-9H3/t17-,18?,19+,22?/m1/s1. The lowest BCUT2D eigenvalue weighted by atomic mass is 9.91. The topological polar surface area (TPSA) is 61.8 Å². The highest BCUT2D eigenvalue weighted by molar-refractivity contribution is 6.74. The van der Waals surface area contributed by atoms with Gasteiger partial charge in [-0.25, -0.2) is 0 Å². The number of fused-ring (bicyclic) bond motifs is 1. The summed E-state index contributed by atoms with van der Waals surface area (Å²) >= 11 is 0. The van der Waals surface area contributed by atoms with Gasteiger partial charge in [0.15, 0.2) is 5.75 Å². The van der Waals surface area contributed by atoms with E-state index in [2.05, 4.69) is 39.9 Å². The van der Waals surface area contributed by atoms with Crippen molar-refractivity contribution >= 4 is 20.1 Å². The number of carbonyl (C=O) groups is 2. The minimum absolute atomic E-state index is 0.0358. The summed E-state index contributed by atoms with van der Waals surface area (Å²) in [5.74, 6) is 2.31. The van der Waals surface area contributed by atoms with E-state index in [1.165, 1.54) is 0 Å². The summed E-state index contributed by atoms with van der Waals surface area (Å²) in [6, 6.07) is 6.04. The van der Waals surface area contributed by atoms with Crippen LogP contribution in [-0.2, 0) is 20.7 Å². The quantitative estimate of drug-likeness (QED) is 0.388. The minimum Gasteiger partial charge on any atom is -0.541 e. The Hall–Kier alpha value is -1.82. The first-order valence-electron chi connectivity index (χ1n) is 11.7. The highest BCUT2D eigenvalue weighted by atomic mass is 28.4. The number of rotatable bonds is 7. The van der Waals surface area contributed by atoms with Gasteiger partial charge in [0.05, 0.1) is 19.1 Å². The number of ether oxygens (including phenoxy) is 2. The summed E-state index contributed by atoms with van der Waals surface area (Å²) in [7, 11) is -0.347. The first-order chi connectivity index (χ1) is 14.7. The number of hydrogen-bond acceptors (Lipinski definition) is 5. The van der Waals surface area contributed by atoms with Gasteiger partial charge in [-0.2, -0.15) is 0 Å².